The second-order valence-electron chi connectivity index (χ2n) is 11.3. The number of likely N-dealkylation sites (N-methyl/N-ethyl adjacent to an activating group) is 1. The van der Waals surface area contributed by atoms with E-state index in [1.807, 2.05) is 62.8 Å². The lowest BCUT2D eigenvalue weighted by Crippen LogP contribution is -2.51. The number of fused-ring (bicyclic) bond motifs is 1. The average molecular weight is 572 g/mol. The van der Waals surface area contributed by atoms with Crippen molar-refractivity contribution in [3.8, 4) is 11.3 Å². The Bertz CT molecular complexity index is 1510. The number of carbonyl (C=O) groups is 1. The minimum atomic E-state index is -0.340. The molecule has 0 spiro atoms. The predicted molar refractivity (Wildman–Crippen MR) is 169 cm³/mol. The third kappa shape index (κ3) is 7.26. The highest BCUT2D eigenvalue weighted by molar-refractivity contribution is 6.33. The number of benzene rings is 2. The van der Waals surface area contributed by atoms with Gasteiger partial charge in [0.2, 0.25) is 5.95 Å². The van der Waals surface area contributed by atoms with Gasteiger partial charge in [-0.3, -0.25) is 4.79 Å². The van der Waals surface area contributed by atoms with Gasteiger partial charge in [-0.25, -0.2) is 9.97 Å². The molecule has 9 heteroatoms. The number of H-pyrrole nitrogens is 1. The summed E-state index contributed by atoms with van der Waals surface area (Å²) in [6.45, 7) is 3.77. The van der Waals surface area contributed by atoms with Crippen LogP contribution in [0.15, 0.2) is 73.1 Å². The van der Waals surface area contributed by atoms with Crippen molar-refractivity contribution in [3.63, 3.8) is 0 Å². The average Bonchev–Trinajstić information content (AvgIpc) is 3.38. The van der Waals surface area contributed by atoms with Gasteiger partial charge in [0, 0.05) is 58.6 Å². The number of halogens is 1. The summed E-state index contributed by atoms with van der Waals surface area (Å²) in [7, 11) is 4.09. The van der Waals surface area contributed by atoms with Crippen LogP contribution in [0.2, 0.25) is 5.02 Å². The van der Waals surface area contributed by atoms with E-state index < -0.39 is 0 Å². The van der Waals surface area contributed by atoms with Crippen LogP contribution < -0.4 is 16.0 Å². The third-order valence-corrected chi connectivity index (χ3v) is 7.80. The van der Waals surface area contributed by atoms with Crippen molar-refractivity contribution in [3.05, 3.63) is 83.7 Å². The lowest BCUT2D eigenvalue weighted by molar-refractivity contribution is 0.0879. The van der Waals surface area contributed by atoms with Crippen LogP contribution >= 0.6 is 11.6 Å². The Kier molecular flexibility index (Phi) is 8.90. The highest BCUT2D eigenvalue weighted by atomic mass is 35.5. The summed E-state index contributed by atoms with van der Waals surface area (Å²) < 4.78 is 0. The number of nitrogens with one attached hydrogen (secondary N) is 4. The number of rotatable bonds is 10. The number of carbonyl (C=O) groups excluding carboxylic acids is 1. The first-order valence-electron chi connectivity index (χ1n) is 14.1. The SMILES string of the molecule is CN(C)C/C=C/CNc1ccc(C(=O)NC2(C)CCCC(Nc3ncc(Cl)c(-c4c[nH]c5ccccc45)n3)C2)cc1. The Morgan fingerprint density at radius 2 is 1.98 bits per heavy atom. The summed E-state index contributed by atoms with van der Waals surface area (Å²) in [6, 6.07) is 15.8. The van der Waals surface area contributed by atoms with Crippen molar-refractivity contribution in [2.24, 2.45) is 0 Å². The molecule has 1 aliphatic rings. The first-order chi connectivity index (χ1) is 19.8. The highest BCUT2D eigenvalue weighted by Crippen LogP contribution is 2.34. The second kappa shape index (κ2) is 12.7. The van der Waals surface area contributed by atoms with Gasteiger partial charge < -0.3 is 25.8 Å². The lowest BCUT2D eigenvalue weighted by atomic mass is 9.80. The zero-order chi connectivity index (χ0) is 28.8. The van der Waals surface area contributed by atoms with Gasteiger partial charge in [-0.05, 0) is 77.0 Å². The molecule has 0 aliphatic heterocycles. The summed E-state index contributed by atoms with van der Waals surface area (Å²) in [6.07, 6.45) is 11.5. The molecule has 4 aromatic rings. The van der Waals surface area contributed by atoms with Gasteiger partial charge >= 0.3 is 0 Å². The number of nitrogens with zero attached hydrogens (tertiary/aromatic N) is 3. The molecule has 0 bridgehead atoms. The van der Waals surface area contributed by atoms with Crippen LogP contribution in [-0.4, -0.2) is 64.5 Å². The number of aromatic amines is 1. The van der Waals surface area contributed by atoms with Crippen molar-refractivity contribution in [1.82, 2.24) is 25.2 Å². The fourth-order valence-electron chi connectivity index (χ4n) is 5.43. The molecule has 41 heavy (non-hydrogen) atoms. The molecule has 8 nitrogen and oxygen atoms in total. The van der Waals surface area contributed by atoms with Crippen molar-refractivity contribution in [1.29, 1.82) is 0 Å². The van der Waals surface area contributed by atoms with Crippen molar-refractivity contribution >= 4 is 40.0 Å². The minimum Gasteiger partial charge on any atom is -0.382 e. The van der Waals surface area contributed by atoms with Gasteiger partial charge in [-0.2, -0.15) is 0 Å². The monoisotopic (exact) mass is 571 g/mol. The number of amides is 1. The van der Waals surface area contributed by atoms with E-state index in [4.69, 9.17) is 16.6 Å². The van der Waals surface area contributed by atoms with Gasteiger partial charge in [0.25, 0.3) is 5.91 Å². The molecule has 5 rings (SSSR count). The number of para-hydroxylation sites is 1. The first kappa shape index (κ1) is 28.6. The van der Waals surface area contributed by atoms with Gasteiger partial charge in [0.05, 0.1) is 16.9 Å². The molecule has 1 amide bonds. The Labute approximate surface area is 246 Å². The maximum absolute atomic E-state index is 13.2. The zero-order valence-electron chi connectivity index (χ0n) is 23.9. The largest absolute Gasteiger partial charge is 0.382 e. The van der Waals surface area contributed by atoms with E-state index in [0.717, 1.165) is 60.9 Å². The number of anilines is 2. The van der Waals surface area contributed by atoms with Gasteiger partial charge in [-0.1, -0.05) is 42.0 Å². The van der Waals surface area contributed by atoms with Crippen LogP contribution in [-0.2, 0) is 0 Å². The number of hydrogen-bond donors (Lipinski definition) is 4. The normalized spacial score (nSPS) is 19.1. The van der Waals surface area contributed by atoms with E-state index in [1.165, 1.54) is 0 Å². The molecule has 1 saturated carbocycles. The van der Waals surface area contributed by atoms with Crippen molar-refractivity contribution in [2.45, 2.75) is 44.2 Å². The van der Waals surface area contributed by atoms with E-state index in [2.05, 4.69) is 56.0 Å². The number of aromatic nitrogens is 3. The maximum atomic E-state index is 13.2. The fraction of sp³-hybridized carbons (Fsp3) is 0.344. The summed E-state index contributed by atoms with van der Waals surface area (Å²) in [4.78, 5) is 27.8. The van der Waals surface area contributed by atoms with E-state index in [-0.39, 0.29) is 17.5 Å². The Hall–Kier alpha value is -3.88. The molecule has 0 radical (unpaired) electrons. The molecule has 2 heterocycles. The predicted octanol–water partition coefficient (Wildman–Crippen LogP) is 6.35. The molecule has 1 aliphatic carbocycles. The van der Waals surface area contributed by atoms with Crippen molar-refractivity contribution < 1.29 is 4.79 Å². The topological polar surface area (TPSA) is 98.0 Å². The molecule has 2 aromatic carbocycles. The summed E-state index contributed by atoms with van der Waals surface area (Å²) in [5.41, 5.74) is 3.96. The van der Waals surface area contributed by atoms with Crippen LogP contribution in [0, 0.1) is 0 Å². The standard InChI is InChI=1S/C32H38ClN7O/c1-32(39-30(41)22-12-14-23(15-13-22)34-17-6-7-18-40(2)3)16-8-9-24(19-32)37-31-36-21-27(33)29(38-31)26-20-35-28-11-5-4-10-25(26)28/h4-7,10-15,20-21,24,34-35H,8-9,16-19H2,1-3H3,(H,39,41)(H,36,37,38)/b7-6+. The summed E-state index contributed by atoms with van der Waals surface area (Å²) in [5, 5.41) is 11.7. The molecule has 0 saturated heterocycles. The van der Waals surface area contributed by atoms with Gasteiger partial charge in [-0.15, -0.1) is 0 Å². The number of hydrogen-bond acceptors (Lipinski definition) is 6. The Morgan fingerprint density at radius 3 is 2.78 bits per heavy atom. The Morgan fingerprint density at radius 1 is 1.17 bits per heavy atom. The maximum Gasteiger partial charge on any atom is 0.251 e. The highest BCUT2D eigenvalue weighted by Gasteiger charge is 2.34. The van der Waals surface area contributed by atoms with Crippen LogP contribution in [0.3, 0.4) is 0 Å². The van der Waals surface area contributed by atoms with Crippen LogP contribution in [0.1, 0.15) is 43.0 Å². The third-order valence-electron chi connectivity index (χ3n) is 7.52. The van der Waals surface area contributed by atoms with E-state index in [9.17, 15) is 4.79 Å². The quantitative estimate of drug-likeness (QED) is 0.166. The molecule has 2 atom stereocenters. The van der Waals surface area contributed by atoms with Crippen LogP contribution in [0.4, 0.5) is 11.6 Å². The zero-order valence-corrected chi connectivity index (χ0v) is 24.6. The summed E-state index contributed by atoms with van der Waals surface area (Å²) >= 11 is 6.53. The molecule has 214 valence electrons. The van der Waals surface area contributed by atoms with Crippen molar-refractivity contribution in [2.75, 3.05) is 37.8 Å². The molecule has 4 N–H and O–H groups in total. The lowest BCUT2D eigenvalue weighted by Gasteiger charge is -2.39. The molecule has 2 unspecified atom stereocenters. The molecular formula is C32H38ClN7O. The summed E-state index contributed by atoms with van der Waals surface area (Å²) in [5.74, 6) is 0.477. The Balaban J connectivity index is 1.20. The molecule has 2 aromatic heterocycles. The first-order valence-corrected chi connectivity index (χ1v) is 14.5. The second-order valence-corrected chi connectivity index (χ2v) is 11.7. The van der Waals surface area contributed by atoms with Crippen LogP contribution in [0.25, 0.3) is 22.2 Å². The van der Waals surface area contributed by atoms with E-state index in [0.29, 0.717) is 22.2 Å². The van der Waals surface area contributed by atoms with Gasteiger partial charge in [0.1, 0.15) is 0 Å². The van der Waals surface area contributed by atoms with Crippen LogP contribution in [0.5, 0.6) is 0 Å². The van der Waals surface area contributed by atoms with E-state index in [1.54, 1.807) is 6.20 Å². The van der Waals surface area contributed by atoms with Gasteiger partial charge in [0.15, 0.2) is 0 Å². The smallest absolute Gasteiger partial charge is 0.251 e. The molecule has 1 fully saturated rings. The van der Waals surface area contributed by atoms with E-state index >= 15 is 0 Å². The molecular weight excluding hydrogens is 534 g/mol. The fourth-order valence-corrected chi connectivity index (χ4v) is 5.62. The minimum absolute atomic E-state index is 0.0602.